The lowest BCUT2D eigenvalue weighted by Gasteiger charge is -2.32. The fourth-order valence-electron chi connectivity index (χ4n) is 4.77. The van der Waals surface area contributed by atoms with E-state index in [0.29, 0.717) is 12.5 Å². The van der Waals surface area contributed by atoms with Crippen LogP contribution in [-0.4, -0.2) is 57.0 Å². The Morgan fingerprint density at radius 3 is 2.51 bits per heavy atom. The molecule has 2 aromatic carbocycles. The summed E-state index contributed by atoms with van der Waals surface area (Å²) < 4.78 is 7.32. The number of benzene rings is 2. The van der Waals surface area contributed by atoms with Gasteiger partial charge in [-0.2, -0.15) is 0 Å². The molecule has 1 N–H and O–H groups in total. The van der Waals surface area contributed by atoms with Gasteiger partial charge in [0.05, 0.1) is 11.6 Å². The Bertz CT molecular complexity index is 1180. The molecule has 0 bridgehead atoms. The van der Waals surface area contributed by atoms with E-state index in [1.165, 1.54) is 5.56 Å². The summed E-state index contributed by atoms with van der Waals surface area (Å²) in [5, 5.41) is 11.4. The summed E-state index contributed by atoms with van der Waals surface area (Å²) in [4.78, 5) is 29.1. The third-order valence-corrected chi connectivity index (χ3v) is 6.91. The Hall–Kier alpha value is -3.26. The van der Waals surface area contributed by atoms with Gasteiger partial charge in [0.25, 0.3) is 0 Å². The van der Waals surface area contributed by atoms with Crippen molar-refractivity contribution >= 4 is 22.8 Å². The molecule has 1 saturated heterocycles. The van der Waals surface area contributed by atoms with E-state index in [1.807, 2.05) is 36.4 Å². The molecule has 0 radical (unpaired) electrons. The fourth-order valence-corrected chi connectivity index (χ4v) is 4.77. The van der Waals surface area contributed by atoms with Gasteiger partial charge >= 0.3 is 0 Å². The maximum atomic E-state index is 13.7. The second kappa shape index (κ2) is 10.2. The Morgan fingerprint density at radius 1 is 1.09 bits per heavy atom. The van der Waals surface area contributed by atoms with Crippen molar-refractivity contribution < 1.29 is 14.3 Å². The van der Waals surface area contributed by atoms with Crippen LogP contribution in [0.25, 0.3) is 11.0 Å². The van der Waals surface area contributed by atoms with Crippen molar-refractivity contribution in [1.29, 1.82) is 0 Å². The number of hydrogen-bond donors (Lipinski definition) is 1. The minimum atomic E-state index is -0.701. The zero-order valence-corrected chi connectivity index (χ0v) is 20.4. The Kier molecular flexibility index (Phi) is 6.81. The number of carbonyl (C=O) groups excluding carboxylic acids is 2. The summed E-state index contributed by atoms with van der Waals surface area (Å²) in [6, 6.07) is 15.0. The van der Waals surface area contributed by atoms with Gasteiger partial charge in [-0.1, -0.05) is 55.5 Å². The molecular weight excluding hydrogens is 442 g/mol. The van der Waals surface area contributed by atoms with E-state index in [1.54, 1.807) is 9.58 Å². The van der Waals surface area contributed by atoms with Crippen molar-refractivity contribution in [2.75, 3.05) is 13.2 Å². The van der Waals surface area contributed by atoms with E-state index in [-0.39, 0.29) is 30.5 Å². The van der Waals surface area contributed by atoms with E-state index in [4.69, 9.17) is 4.74 Å². The average Bonchev–Trinajstić information content (AvgIpc) is 3.40. The fraction of sp³-hybridized carbons (Fsp3) is 0.481. The van der Waals surface area contributed by atoms with Crippen molar-refractivity contribution in [1.82, 2.24) is 25.2 Å². The number of ether oxygens (including phenoxy) is 1. The van der Waals surface area contributed by atoms with Gasteiger partial charge in [0.15, 0.2) is 0 Å². The molecule has 2 amide bonds. The summed E-state index contributed by atoms with van der Waals surface area (Å²) in [6.07, 6.45) is 3.78. The maximum Gasteiger partial charge on any atom is 0.247 e. The van der Waals surface area contributed by atoms with Gasteiger partial charge in [0.1, 0.15) is 18.1 Å². The van der Waals surface area contributed by atoms with Crippen molar-refractivity contribution in [2.45, 2.75) is 70.2 Å². The largest absolute Gasteiger partial charge is 0.376 e. The average molecular weight is 476 g/mol. The topological polar surface area (TPSA) is 89.4 Å². The molecule has 2 atom stereocenters. The molecule has 35 heavy (non-hydrogen) atoms. The summed E-state index contributed by atoms with van der Waals surface area (Å²) in [6.45, 7) is 5.52. The third-order valence-electron chi connectivity index (χ3n) is 6.91. The lowest BCUT2D eigenvalue weighted by atomic mass is 9.97. The zero-order valence-electron chi connectivity index (χ0n) is 20.4. The summed E-state index contributed by atoms with van der Waals surface area (Å²) in [5.74, 6) is 0.0902. The minimum Gasteiger partial charge on any atom is -0.376 e. The van der Waals surface area contributed by atoms with Crippen molar-refractivity contribution in [3.8, 4) is 0 Å². The number of aromatic nitrogens is 3. The van der Waals surface area contributed by atoms with Crippen molar-refractivity contribution in [2.24, 2.45) is 0 Å². The molecule has 3 aromatic rings. The summed E-state index contributed by atoms with van der Waals surface area (Å²) in [5.41, 5.74) is 3.57. The van der Waals surface area contributed by atoms with Crippen LogP contribution in [0.2, 0.25) is 0 Å². The number of nitrogens with zero attached hydrogens (tertiary/aromatic N) is 4. The van der Waals surface area contributed by atoms with Crippen molar-refractivity contribution in [3.05, 3.63) is 59.7 Å². The first-order valence-electron chi connectivity index (χ1n) is 12.6. The quantitative estimate of drug-likeness (QED) is 0.511. The van der Waals surface area contributed by atoms with Crippen LogP contribution < -0.4 is 5.32 Å². The second-order valence-corrected chi connectivity index (χ2v) is 9.87. The normalized spacial score (nSPS) is 18.7. The highest BCUT2D eigenvalue weighted by Gasteiger charge is 2.41. The molecule has 2 heterocycles. The third kappa shape index (κ3) is 5.22. The maximum absolute atomic E-state index is 13.7. The number of carbonyl (C=O) groups is 2. The predicted molar refractivity (Wildman–Crippen MR) is 133 cm³/mol. The molecule has 2 fully saturated rings. The van der Waals surface area contributed by atoms with Crippen LogP contribution in [0.5, 0.6) is 0 Å². The molecule has 5 rings (SSSR count). The molecule has 1 aromatic heterocycles. The van der Waals surface area contributed by atoms with Crippen LogP contribution in [-0.2, 0) is 20.9 Å². The van der Waals surface area contributed by atoms with E-state index < -0.39 is 6.04 Å². The van der Waals surface area contributed by atoms with Crippen LogP contribution in [0.3, 0.4) is 0 Å². The molecule has 8 nitrogen and oxygen atoms in total. The summed E-state index contributed by atoms with van der Waals surface area (Å²) in [7, 11) is 0. The number of hydrogen-bond acceptors (Lipinski definition) is 5. The summed E-state index contributed by atoms with van der Waals surface area (Å²) >= 11 is 0. The number of fused-ring (bicyclic) bond motifs is 1. The van der Waals surface area contributed by atoms with E-state index >= 15 is 0 Å². The second-order valence-electron chi connectivity index (χ2n) is 9.87. The molecule has 1 aliphatic heterocycles. The molecule has 0 spiro atoms. The molecular formula is C27H33N5O3. The highest BCUT2D eigenvalue weighted by molar-refractivity contribution is 5.89. The van der Waals surface area contributed by atoms with Crippen LogP contribution in [0.15, 0.2) is 48.5 Å². The highest BCUT2D eigenvalue weighted by atomic mass is 16.5. The first kappa shape index (κ1) is 23.5. The Morgan fingerprint density at radius 2 is 1.83 bits per heavy atom. The van der Waals surface area contributed by atoms with Gasteiger partial charge in [0, 0.05) is 19.2 Å². The Labute approximate surface area is 205 Å². The van der Waals surface area contributed by atoms with E-state index in [2.05, 4.69) is 41.6 Å². The van der Waals surface area contributed by atoms with Gasteiger partial charge < -0.3 is 15.0 Å². The SMILES string of the molecule is CC(C)c1ccc([C@H](C(=O)NC[C@@H]2CCCO2)N(C(=O)Cn2nnc3ccccc32)C2CC2)cc1. The lowest BCUT2D eigenvalue weighted by molar-refractivity contribution is -0.142. The van der Waals surface area contributed by atoms with Crippen LogP contribution in [0, 0.1) is 0 Å². The van der Waals surface area contributed by atoms with Gasteiger partial charge in [0.2, 0.25) is 11.8 Å². The number of rotatable bonds is 9. The predicted octanol–water partition coefficient (Wildman–Crippen LogP) is 3.58. The molecule has 1 aliphatic carbocycles. The Balaban J connectivity index is 1.43. The van der Waals surface area contributed by atoms with Crippen molar-refractivity contribution in [3.63, 3.8) is 0 Å². The lowest BCUT2D eigenvalue weighted by Crippen LogP contribution is -2.47. The smallest absolute Gasteiger partial charge is 0.247 e. The number of amides is 2. The zero-order chi connectivity index (χ0) is 24.4. The van der Waals surface area contributed by atoms with E-state index in [0.717, 1.165) is 48.9 Å². The highest BCUT2D eigenvalue weighted by Crippen LogP contribution is 2.36. The van der Waals surface area contributed by atoms with Crippen LogP contribution in [0.1, 0.15) is 62.6 Å². The van der Waals surface area contributed by atoms with E-state index in [9.17, 15) is 9.59 Å². The first-order valence-corrected chi connectivity index (χ1v) is 12.6. The van der Waals surface area contributed by atoms with Gasteiger partial charge in [-0.25, -0.2) is 4.68 Å². The first-order chi connectivity index (χ1) is 17.0. The molecule has 2 aliphatic rings. The minimum absolute atomic E-state index is 0.0366. The van der Waals surface area contributed by atoms with Gasteiger partial charge in [-0.3, -0.25) is 9.59 Å². The molecule has 8 heteroatoms. The van der Waals surface area contributed by atoms with Crippen LogP contribution >= 0.6 is 0 Å². The van der Waals surface area contributed by atoms with Gasteiger partial charge in [-0.05, 0) is 54.9 Å². The van der Waals surface area contributed by atoms with Crippen LogP contribution in [0.4, 0.5) is 0 Å². The number of para-hydroxylation sites is 1. The number of nitrogens with one attached hydrogen (secondary N) is 1. The molecule has 1 saturated carbocycles. The monoisotopic (exact) mass is 475 g/mol. The molecule has 0 unspecified atom stereocenters. The standard InChI is InChI=1S/C27H33N5O3/c1-18(2)19-9-11-20(12-10-19)26(27(34)28-16-22-6-5-15-35-22)32(21-13-14-21)25(33)17-31-24-8-4-3-7-23(24)29-30-31/h3-4,7-12,18,21-22,26H,5-6,13-17H2,1-2H3,(H,28,34)/t22-,26+/m0/s1. The van der Waals surface area contributed by atoms with Gasteiger partial charge in [-0.15, -0.1) is 5.10 Å². The molecule has 184 valence electrons.